The lowest BCUT2D eigenvalue weighted by molar-refractivity contribution is -0.119. The lowest BCUT2D eigenvalue weighted by atomic mass is 10.1. The van der Waals surface area contributed by atoms with Crippen LogP contribution in [0.5, 0.6) is 0 Å². The molecule has 1 aromatic rings. The monoisotopic (exact) mass is 279 g/mol. The van der Waals surface area contributed by atoms with E-state index in [0.717, 1.165) is 51.3 Å². The van der Waals surface area contributed by atoms with Gasteiger partial charge in [0.15, 0.2) is 0 Å². The minimum Gasteiger partial charge on any atom is -0.369 e. The van der Waals surface area contributed by atoms with Gasteiger partial charge in [-0.25, -0.2) is 4.98 Å². The number of nitrogens with zero attached hydrogens (tertiary/aromatic N) is 3. The number of aryl methyl sites for hydroxylation is 1. The third kappa shape index (κ3) is 4.31. The molecule has 20 heavy (non-hydrogen) atoms. The van der Waals surface area contributed by atoms with Gasteiger partial charge < -0.3 is 15.6 Å². The molecule has 2 rings (SSSR count). The lowest BCUT2D eigenvalue weighted by Crippen LogP contribution is -2.45. The van der Waals surface area contributed by atoms with Crippen LogP contribution >= 0.6 is 0 Å². The third-order valence-corrected chi connectivity index (χ3v) is 3.78. The van der Waals surface area contributed by atoms with E-state index in [0.29, 0.717) is 12.6 Å². The Hall–Kier alpha value is -1.40. The summed E-state index contributed by atoms with van der Waals surface area (Å²) < 4.78 is 2.20. The van der Waals surface area contributed by atoms with Crippen LogP contribution in [0.15, 0.2) is 12.4 Å². The third-order valence-electron chi connectivity index (χ3n) is 3.78. The largest absolute Gasteiger partial charge is 0.369 e. The summed E-state index contributed by atoms with van der Waals surface area (Å²) in [5.41, 5.74) is 5.22. The number of primary amides is 1. The van der Waals surface area contributed by atoms with E-state index in [9.17, 15) is 4.79 Å². The first-order valence-corrected chi connectivity index (χ1v) is 7.43. The maximum absolute atomic E-state index is 10.9. The number of rotatable bonds is 7. The molecule has 0 saturated carbocycles. The molecule has 1 aromatic heterocycles. The van der Waals surface area contributed by atoms with Crippen molar-refractivity contribution in [1.82, 2.24) is 19.8 Å². The van der Waals surface area contributed by atoms with E-state index in [1.54, 1.807) is 0 Å². The number of likely N-dealkylation sites (tertiary alicyclic amines) is 1. The number of amides is 1. The van der Waals surface area contributed by atoms with Gasteiger partial charge in [-0.15, -0.1) is 0 Å². The minimum atomic E-state index is -0.238. The fraction of sp³-hybridized carbons (Fsp3) is 0.714. The molecule has 0 atom stereocenters. The first kappa shape index (κ1) is 15.0. The number of hydrogen-bond acceptors (Lipinski definition) is 4. The molecule has 112 valence electrons. The van der Waals surface area contributed by atoms with Crippen molar-refractivity contribution in [2.45, 2.75) is 45.3 Å². The van der Waals surface area contributed by atoms with Crippen LogP contribution in [0, 0.1) is 0 Å². The van der Waals surface area contributed by atoms with Gasteiger partial charge in [0.25, 0.3) is 0 Å². The van der Waals surface area contributed by atoms with Gasteiger partial charge in [0.2, 0.25) is 5.91 Å². The van der Waals surface area contributed by atoms with Crippen LogP contribution in [0.3, 0.4) is 0 Å². The molecule has 0 unspecified atom stereocenters. The Balaban J connectivity index is 1.73. The molecule has 1 aliphatic rings. The lowest BCUT2D eigenvalue weighted by Gasteiger charge is -2.31. The van der Waals surface area contributed by atoms with Crippen molar-refractivity contribution in [3.8, 4) is 0 Å². The summed E-state index contributed by atoms with van der Waals surface area (Å²) in [5.74, 6) is 0.865. The highest BCUT2D eigenvalue weighted by Crippen LogP contribution is 2.10. The fourth-order valence-electron chi connectivity index (χ4n) is 2.70. The fourth-order valence-corrected chi connectivity index (χ4v) is 2.70. The molecular formula is C14H25N5O. The quantitative estimate of drug-likeness (QED) is 0.754. The van der Waals surface area contributed by atoms with Gasteiger partial charge in [-0.2, -0.15) is 0 Å². The second kappa shape index (κ2) is 7.40. The molecule has 1 fully saturated rings. The van der Waals surface area contributed by atoms with Crippen LogP contribution in [0.4, 0.5) is 0 Å². The van der Waals surface area contributed by atoms with Crippen molar-refractivity contribution >= 4 is 5.91 Å². The second-order valence-electron chi connectivity index (χ2n) is 5.43. The molecule has 3 N–H and O–H groups in total. The van der Waals surface area contributed by atoms with Gasteiger partial charge in [0.1, 0.15) is 5.82 Å². The van der Waals surface area contributed by atoms with Crippen LogP contribution in [-0.2, 0) is 17.9 Å². The molecule has 1 aliphatic heterocycles. The first-order valence-electron chi connectivity index (χ1n) is 7.43. The van der Waals surface area contributed by atoms with E-state index < -0.39 is 0 Å². The maximum Gasteiger partial charge on any atom is 0.231 e. The summed E-state index contributed by atoms with van der Waals surface area (Å²) in [6.07, 6.45) is 7.14. The minimum absolute atomic E-state index is 0.238. The zero-order chi connectivity index (χ0) is 14.4. The molecular weight excluding hydrogens is 254 g/mol. The average Bonchev–Trinajstić information content (AvgIpc) is 2.85. The second-order valence-corrected chi connectivity index (χ2v) is 5.43. The number of hydrogen-bond donors (Lipinski definition) is 2. The first-order chi connectivity index (χ1) is 9.69. The number of carbonyl (C=O) groups excluding carboxylic acids is 1. The van der Waals surface area contributed by atoms with Gasteiger partial charge in [-0.3, -0.25) is 9.69 Å². The summed E-state index contributed by atoms with van der Waals surface area (Å²) in [7, 11) is 0. The summed E-state index contributed by atoms with van der Waals surface area (Å²) in [6, 6.07) is 0.505. The number of imidazole rings is 1. The molecule has 0 aromatic carbocycles. The number of nitrogens with one attached hydrogen (secondary N) is 1. The Morgan fingerprint density at radius 2 is 2.25 bits per heavy atom. The predicted octanol–water partition coefficient (Wildman–Crippen LogP) is 0.332. The Bertz CT molecular complexity index is 423. The van der Waals surface area contributed by atoms with Gasteiger partial charge in [0.05, 0.1) is 13.1 Å². The van der Waals surface area contributed by atoms with Gasteiger partial charge in [0, 0.05) is 38.1 Å². The van der Waals surface area contributed by atoms with E-state index in [1.165, 1.54) is 0 Å². The van der Waals surface area contributed by atoms with E-state index in [1.807, 2.05) is 12.4 Å². The maximum atomic E-state index is 10.9. The molecule has 0 radical (unpaired) electrons. The smallest absolute Gasteiger partial charge is 0.231 e. The zero-order valence-electron chi connectivity index (χ0n) is 12.2. The highest BCUT2D eigenvalue weighted by molar-refractivity contribution is 5.75. The Morgan fingerprint density at radius 1 is 1.50 bits per heavy atom. The average molecular weight is 279 g/mol. The molecule has 0 spiro atoms. The Labute approximate surface area is 120 Å². The van der Waals surface area contributed by atoms with Crippen molar-refractivity contribution < 1.29 is 4.79 Å². The summed E-state index contributed by atoms with van der Waals surface area (Å²) in [5, 5.41) is 3.57. The molecule has 6 heteroatoms. The summed E-state index contributed by atoms with van der Waals surface area (Å²) in [4.78, 5) is 17.4. The number of carbonyl (C=O) groups is 1. The molecule has 1 saturated heterocycles. The topological polar surface area (TPSA) is 76.2 Å². The highest BCUT2D eigenvalue weighted by Gasteiger charge is 2.19. The molecule has 0 bridgehead atoms. The van der Waals surface area contributed by atoms with Crippen LogP contribution in [0.1, 0.15) is 32.0 Å². The van der Waals surface area contributed by atoms with Crippen molar-refractivity contribution in [2.75, 3.05) is 19.6 Å². The normalized spacial score (nSPS) is 17.4. The summed E-state index contributed by atoms with van der Waals surface area (Å²) in [6.45, 7) is 6.26. The van der Waals surface area contributed by atoms with Crippen molar-refractivity contribution in [1.29, 1.82) is 0 Å². The van der Waals surface area contributed by atoms with E-state index >= 15 is 0 Å². The standard InChI is InChI=1S/C14H25N5O/c1-2-6-19-9-5-16-14(19)10-17-12-3-7-18(8-4-12)11-13(15)20/h5,9,12,17H,2-4,6-8,10-11H2,1H3,(H2,15,20). The van der Waals surface area contributed by atoms with Crippen LogP contribution < -0.4 is 11.1 Å². The zero-order valence-corrected chi connectivity index (χ0v) is 12.2. The Morgan fingerprint density at radius 3 is 2.90 bits per heavy atom. The van der Waals surface area contributed by atoms with Gasteiger partial charge in [-0.05, 0) is 19.3 Å². The Kier molecular flexibility index (Phi) is 5.55. The van der Waals surface area contributed by atoms with E-state index in [2.05, 4.69) is 26.7 Å². The molecule has 0 aliphatic carbocycles. The van der Waals surface area contributed by atoms with Gasteiger partial charge in [-0.1, -0.05) is 6.92 Å². The van der Waals surface area contributed by atoms with E-state index in [4.69, 9.17) is 5.73 Å². The predicted molar refractivity (Wildman–Crippen MR) is 78.0 cm³/mol. The van der Waals surface area contributed by atoms with Crippen LogP contribution in [0.25, 0.3) is 0 Å². The molecule has 2 heterocycles. The molecule has 6 nitrogen and oxygen atoms in total. The SMILES string of the molecule is CCCn1ccnc1CNC1CCN(CC(N)=O)CC1. The van der Waals surface area contributed by atoms with Crippen molar-refractivity contribution in [3.05, 3.63) is 18.2 Å². The number of piperidine rings is 1. The van der Waals surface area contributed by atoms with Crippen LogP contribution in [-0.4, -0.2) is 46.0 Å². The number of aromatic nitrogens is 2. The van der Waals surface area contributed by atoms with Crippen molar-refractivity contribution in [2.24, 2.45) is 5.73 Å². The highest BCUT2D eigenvalue weighted by atomic mass is 16.1. The van der Waals surface area contributed by atoms with E-state index in [-0.39, 0.29) is 5.91 Å². The van der Waals surface area contributed by atoms with Gasteiger partial charge >= 0.3 is 0 Å². The number of nitrogens with two attached hydrogens (primary N) is 1. The summed E-state index contributed by atoms with van der Waals surface area (Å²) >= 11 is 0. The molecule has 1 amide bonds. The van der Waals surface area contributed by atoms with Crippen molar-refractivity contribution in [3.63, 3.8) is 0 Å². The van der Waals surface area contributed by atoms with Crippen LogP contribution in [0.2, 0.25) is 0 Å².